The summed E-state index contributed by atoms with van der Waals surface area (Å²) in [5.74, 6) is 1.36. The van der Waals surface area contributed by atoms with Crippen LogP contribution in [0, 0.1) is 5.92 Å². The quantitative estimate of drug-likeness (QED) is 0.651. The number of pyridine rings is 2. The van der Waals surface area contributed by atoms with E-state index in [0.717, 1.165) is 5.52 Å². The molecule has 0 atom stereocenters. The number of fused-ring (bicyclic) bond motifs is 1. The van der Waals surface area contributed by atoms with Crippen LogP contribution >= 0.6 is 23.2 Å². The van der Waals surface area contributed by atoms with Crippen LogP contribution in [0.1, 0.15) is 12.8 Å². The third-order valence-electron chi connectivity index (χ3n) is 4.24. The SMILES string of the molecule is O=c1ccn2c(OCC3CC3)cccc2c1-c1c(Cl)cccc1Cl. The minimum absolute atomic E-state index is 0.121. The fourth-order valence-electron chi connectivity index (χ4n) is 2.80. The van der Waals surface area contributed by atoms with E-state index in [-0.39, 0.29) is 5.43 Å². The molecule has 0 amide bonds. The molecule has 1 saturated carbocycles. The molecule has 1 aliphatic carbocycles. The van der Waals surface area contributed by atoms with Gasteiger partial charge in [-0.3, -0.25) is 9.20 Å². The monoisotopic (exact) mass is 359 g/mol. The molecule has 0 aliphatic heterocycles. The molecule has 1 aromatic carbocycles. The van der Waals surface area contributed by atoms with Gasteiger partial charge in [-0.15, -0.1) is 0 Å². The maximum atomic E-state index is 12.6. The first kappa shape index (κ1) is 15.6. The first-order chi connectivity index (χ1) is 11.6. The Morgan fingerprint density at radius 3 is 2.42 bits per heavy atom. The first-order valence-electron chi connectivity index (χ1n) is 7.87. The van der Waals surface area contributed by atoms with Crippen molar-refractivity contribution in [1.82, 2.24) is 4.40 Å². The molecule has 1 aliphatic rings. The zero-order chi connectivity index (χ0) is 16.7. The molecule has 122 valence electrons. The van der Waals surface area contributed by atoms with Crippen molar-refractivity contribution in [1.29, 1.82) is 0 Å². The lowest BCUT2D eigenvalue weighted by molar-refractivity contribution is 0.285. The molecule has 24 heavy (non-hydrogen) atoms. The van der Waals surface area contributed by atoms with E-state index in [1.54, 1.807) is 24.4 Å². The van der Waals surface area contributed by atoms with Gasteiger partial charge in [-0.1, -0.05) is 35.3 Å². The van der Waals surface area contributed by atoms with E-state index >= 15 is 0 Å². The predicted molar refractivity (Wildman–Crippen MR) is 97.3 cm³/mol. The predicted octanol–water partition coefficient (Wildman–Crippen LogP) is 5.06. The smallest absolute Gasteiger partial charge is 0.198 e. The lowest BCUT2D eigenvalue weighted by Crippen LogP contribution is -2.10. The summed E-state index contributed by atoms with van der Waals surface area (Å²) in [4.78, 5) is 12.6. The number of aromatic nitrogens is 1. The van der Waals surface area contributed by atoms with Gasteiger partial charge in [0.2, 0.25) is 0 Å². The van der Waals surface area contributed by atoms with Crippen LogP contribution in [0.2, 0.25) is 10.0 Å². The van der Waals surface area contributed by atoms with Crippen molar-refractivity contribution in [2.75, 3.05) is 6.61 Å². The highest BCUT2D eigenvalue weighted by atomic mass is 35.5. The maximum Gasteiger partial charge on any atom is 0.198 e. The van der Waals surface area contributed by atoms with Crippen LogP contribution in [-0.2, 0) is 0 Å². The lowest BCUT2D eigenvalue weighted by atomic mass is 10.0. The van der Waals surface area contributed by atoms with Crippen molar-refractivity contribution in [2.24, 2.45) is 5.92 Å². The molecule has 0 N–H and O–H groups in total. The molecule has 5 heteroatoms. The average Bonchev–Trinajstić information content (AvgIpc) is 3.39. The summed E-state index contributed by atoms with van der Waals surface area (Å²) in [6, 6.07) is 12.4. The second kappa shape index (κ2) is 6.15. The van der Waals surface area contributed by atoms with Gasteiger partial charge in [-0.25, -0.2) is 0 Å². The Balaban J connectivity index is 1.93. The lowest BCUT2D eigenvalue weighted by Gasteiger charge is -2.14. The molecule has 4 rings (SSSR count). The minimum Gasteiger partial charge on any atom is -0.478 e. The Kier molecular flexibility index (Phi) is 3.99. The van der Waals surface area contributed by atoms with Crippen LogP contribution in [0.3, 0.4) is 0 Å². The molecular weight excluding hydrogens is 345 g/mol. The maximum absolute atomic E-state index is 12.6. The average molecular weight is 360 g/mol. The number of nitrogens with zero attached hydrogens (tertiary/aromatic N) is 1. The van der Waals surface area contributed by atoms with E-state index < -0.39 is 0 Å². The van der Waals surface area contributed by atoms with E-state index in [0.29, 0.717) is 39.6 Å². The third kappa shape index (κ3) is 2.79. The second-order valence-electron chi connectivity index (χ2n) is 6.03. The van der Waals surface area contributed by atoms with Gasteiger partial charge in [0.25, 0.3) is 0 Å². The molecule has 2 heterocycles. The van der Waals surface area contributed by atoms with E-state index in [4.69, 9.17) is 27.9 Å². The van der Waals surface area contributed by atoms with Gasteiger partial charge in [0, 0.05) is 17.8 Å². The van der Waals surface area contributed by atoms with Crippen LogP contribution < -0.4 is 10.2 Å². The molecule has 0 spiro atoms. The van der Waals surface area contributed by atoms with Gasteiger partial charge in [-0.05, 0) is 43.0 Å². The highest BCUT2D eigenvalue weighted by molar-refractivity contribution is 6.39. The van der Waals surface area contributed by atoms with Crippen molar-refractivity contribution < 1.29 is 4.74 Å². The highest BCUT2D eigenvalue weighted by Crippen LogP contribution is 2.36. The van der Waals surface area contributed by atoms with E-state index in [9.17, 15) is 4.79 Å². The van der Waals surface area contributed by atoms with Crippen molar-refractivity contribution in [2.45, 2.75) is 12.8 Å². The molecule has 1 fully saturated rings. The van der Waals surface area contributed by atoms with Gasteiger partial charge >= 0.3 is 0 Å². The Bertz CT molecular complexity index is 957. The van der Waals surface area contributed by atoms with Crippen molar-refractivity contribution in [3.8, 4) is 17.0 Å². The van der Waals surface area contributed by atoms with Gasteiger partial charge in [0.15, 0.2) is 11.3 Å². The number of hydrogen-bond donors (Lipinski definition) is 0. The number of hydrogen-bond acceptors (Lipinski definition) is 2. The second-order valence-corrected chi connectivity index (χ2v) is 6.84. The van der Waals surface area contributed by atoms with Gasteiger partial charge in [0.05, 0.1) is 27.7 Å². The number of benzene rings is 1. The Morgan fingerprint density at radius 2 is 1.71 bits per heavy atom. The summed E-state index contributed by atoms with van der Waals surface area (Å²) in [5.41, 5.74) is 1.66. The van der Waals surface area contributed by atoms with Crippen LogP contribution in [0.25, 0.3) is 16.6 Å². The number of rotatable bonds is 4. The molecule has 2 aromatic heterocycles. The van der Waals surface area contributed by atoms with Crippen LogP contribution in [-0.4, -0.2) is 11.0 Å². The topological polar surface area (TPSA) is 30.7 Å². The van der Waals surface area contributed by atoms with E-state index in [2.05, 4.69) is 0 Å². The molecule has 3 nitrogen and oxygen atoms in total. The van der Waals surface area contributed by atoms with E-state index in [1.807, 2.05) is 22.6 Å². The summed E-state index contributed by atoms with van der Waals surface area (Å²) < 4.78 is 7.80. The standard InChI is InChI=1S/C19H15Cl2NO2/c20-13-3-1-4-14(21)18(13)19-15-5-2-6-17(24-11-12-7-8-12)22(15)10-9-16(19)23/h1-6,9-10,12H,7-8,11H2. The fourth-order valence-corrected chi connectivity index (χ4v) is 3.39. The summed E-state index contributed by atoms with van der Waals surface area (Å²) in [6.45, 7) is 0.702. The van der Waals surface area contributed by atoms with Crippen molar-refractivity contribution in [3.05, 3.63) is 68.9 Å². The molecule has 0 bridgehead atoms. The number of ether oxygens (including phenoxy) is 1. The fraction of sp³-hybridized carbons (Fsp3) is 0.211. The highest BCUT2D eigenvalue weighted by Gasteiger charge is 2.22. The van der Waals surface area contributed by atoms with Gasteiger partial charge < -0.3 is 4.74 Å². The van der Waals surface area contributed by atoms with Crippen LogP contribution in [0.15, 0.2) is 53.5 Å². The summed E-state index contributed by atoms with van der Waals surface area (Å²) in [5, 5.41) is 0.911. The normalized spacial score (nSPS) is 14.1. The van der Waals surface area contributed by atoms with Gasteiger partial charge in [0.1, 0.15) is 0 Å². The van der Waals surface area contributed by atoms with Crippen LogP contribution in [0.5, 0.6) is 5.88 Å². The Morgan fingerprint density at radius 1 is 1.00 bits per heavy atom. The molecule has 0 unspecified atom stereocenters. The van der Waals surface area contributed by atoms with Crippen LogP contribution in [0.4, 0.5) is 0 Å². The summed E-state index contributed by atoms with van der Waals surface area (Å²) >= 11 is 12.6. The summed E-state index contributed by atoms with van der Waals surface area (Å²) in [6.07, 6.45) is 4.18. The van der Waals surface area contributed by atoms with Gasteiger partial charge in [-0.2, -0.15) is 0 Å². The zero-order valence-corrected chi connectivity index (χ0v) is 14.3. The molecule has 3 aromatic rings. The van der Waals surface area contributed by atoms with Crippen molar-refractivity contribution >= 4 is 28.7 Å². The van der Waals surface area contributed by atoms with Crippen molar-refractivity contribution in [3.63, 3.8) is 0 Å². The zero-order valence-electron chi connectivity index (χ0n) is 12.8. The third-order valence-corrected chi connectivity index (χ3v) is 4.87. The Labute approximate surface area is 149 Å². The largest absolute Gasteiger partial charge is 0.478 e. The minimum atomic E-state index is -0.121. The first-order valence-corrected chi connectivity index (χ1v) is 8.62. The van der Waals surface area contributed by atoms with E-state index in [1.165, 1.54) is 18.9 Å². The number of halogens is 2. The molecule has 0 saturated heterocycles. The molecule has 0 radical (unpaired) electrons. The molecular formula is C19H15Cl2NO2. The Hall–Kier alpha value is -1.97. The summed E-state index contributed by atoms with van der Waals surface area (Å²) in [7, 11) is 0.